The van der Waals surface area contributed by atoms with Crippen LogP contribution in [0.15, 0.2) is 24.4 Å². The van der Waals surface area contributed by atoms with Crippen LogP contribution >= 0.6 is 11.6 Å². The van der Waals surface area contributed by atoms with Gasteiger partial charge < -0.3 is 15.4 Å². The number of aromatic nitrogens is 3. The fraction of sp³-hybridized carbons (Fsp3) is 0.438. The van der Waals surface area contributed by atoms with Gasteiger partial charge in [-0.25, -0.2) is 0 Å². The van der Waals surface area contributed by atoms with Crippen molar-refractivity contribution in [3.63, 3.8) is 0 Å². The third-order valence-electron chi connectivity index (χ3n) is 3.82. The molecule has 1 aliphatic rings. The normalized spacial score (nSPS) is 15.2. The van der Waals surface area contributed by atoms with E-state index in [1.165, 1.54) is 0 Å². The molecule has 8 heteroatoms. The topological polar surface area (TPSA) is 75.2 Å². The van der Waals surface area contributed by atoms with Gasteiger partial charge in [0.1, 0.15) is 0 Å². The molecule has 7 nitrogen and oxygen atoms in total. The van der Waals surface area contributed by atoms with Gasteiger partial charge >= 0.3 is 0 Å². The smallest absolute Gasteiger partial charge is 0.249 e. The second-order valence-electron chi connectivity index (χ2n) is 5.63. The molecule has 2 aromatic rings. The van der Waals surface area contributed by atoms with Gasteiger partial charge in [-0.05, 0) is 24.6 Å². The van der Waals surface area contributed by atoms with Gasteiger partial charge in [-0.15, -0.1) is 5.10 Å². The van der Waals surface area contributed by atoms with Crippen LogP contribution in [0.4, 0.5) is 17.5 Å². The van der Waals surface area contributed by atoms with Crippen molar-refractivity contribution >= 4 is 29.1 Å². The fourth-order valence-corrected chi connectivity index (χ4v) is 2.59. The minimum Gasteiger partial charge on any atom is -0.379 e. The summed E-state index contributed by atoms with van der Waals surface area (Å²) in [5.74, 6) is 1.13. The zero-order valence-corrected chi connectivity index (χ0v) is 14.4. The van der Waals surface area contributed by atoms with Gasteiger partial charge in [0.25, 0.3) is 0 Å². The Morgan fingerprint density at radius 3 is 2.92 bits per heavy atom. The maximum Gasteiger partial charge on any atom is 0.249 e. The Bertz CT molecular complexity index is 677. The molecule has 0 bridgehead atoms. The van der Waals surface area contributed by atoms with Crippen LogP contribution in [0.25, 0.3) is 0 Å². The van der Waals surface area contributed by atoms with Crippen LogP contribution in [0.1, 0.15) is 5.56 Å². The van der Waals surface area contributed by atoms with Crippen LogP contribution < -0.4 is 10.6 Å². The van der Waals surface area contributed by atoms with E-state index < -0.39 is 0 Å². The molecular weight excluding hydrogens is 328 g/mol. The number of nitrogens with one attached hydrogen (secondary N) is 2. The highest BCUT2D eigenvalue weighted by Gasteiger charge is 2.09. The van der Waals surface area contributed by atoms with Crippen LogP contribution in [-0.4, -0.2) is 59.5 Å². The van der Waals surface area contributed by atoms with E-state index in [-0.39, 0.29) is 0 Å². The highest BCUT2D eigenvalue weighted by molar-refractivity contribution is 6.31. The van der Waals surface area contributed by atoms with E-state index in [1.54, 1.807) is 6.20 Å². The number of hydrogen-bond donors (Lipinski definition) is 2. The molecule has 1 aliphatic heterocycles. The second kappa shape index (κ2) is 8.23. The Morgan fingerprint density at radius 1 is 1.29 bits per heavy atom. The van der Waals surface area contributed by atoms with Crippen molar-refractivity contribution in [3.05, 3.63) is 35.0 Å². The summed E-state index contributed by atoms with van der Waals surface area (Å²) in [6.07, 6.45) is 1.62. The summed E-state index contributed by atoms with van der Waals surface area (Å²) in [6, 6.07) is 5.73. The van der Waals surface area contributed by atoms with E-state index in [9.17, 15) is 0 Å². The molecule has 1 aromatic carbocycles. The summed E-state index contributed by atoms with van der Waals surface area (Å²) >= 11 is 6.13. The first kappa shape index (κ1) is 16.9. The van der Waals surface area contributed by atoms with Crippen molar-refractivity contribution in [2.24, 2.45) is 0 Å². The summed E-state index contributed by atoms with van der Waals surface area (Å²) in [6.45, 7) is 7.28. The van der Waals surface area contributed by atoms with Crippen molar-refractivity contribution in [2.45, 2.75) is 6.92 Å². The van der Waals surface area contributed by atoms with Gasteiger partial charge in [-0.3, -0.25) is 4.90 Å². The Kier molecular flexibility index (Phi) is 5.79. The number of benzene rings is 1. The number of ether oxygens (including phenoxy) is 1. The highest BCUT2D eigenvalue weighted by Crippen LogP contribution is 2.21. The zero-order chi connectivity index (χ0) is 16.8. The number of rotatable bonds is 6. The van der Waals surface area contributed by atoms with Crippen molar-refractivity contribution in [1.29, 1.82) is 0 Å². The third-order valence-corrected chi connectivity index (χ3v) is 4.23. The van der Waals surface area contributed by atoms with E-state index in [0.29, 0.717) is 16.8 Å². The number of morpholine rings is 1. The zero-order valence-electron chi connectivity index (χ0n) is 13.6. The predicted molar refractivity (Wildman–Crippen MR) is 95.0 cm³/mol. The van der Waals surface area contributed by atoms with Gasteiger partial charge in [-0.1, -0.05) is 17.7 Å². The largest absolute Gasteiger partial charge is 0.379 e. The molecule has 128 valence electrons. The summed E-state index contributed by atoms with van der Waals surface area (Å²) in [5, 5.41) is 15.1. The Hall–Kier alpha value is -1.96. The molecule has 0 unspecified atom stereocenters. The predicted octanol–water partition coefficient (Wildman–Crippen LogP) is 2.32. The number of aryl methyl sites for hydroxylation is 1. The molecule has 2 N–H and O–H groups in total. The average molecular weight is 349 g/mol. The SMILES string of the molecule is Cc1ccc(Nc2nncc(NCCN3CCOCC3)n2)cc1Cl. The molecule has 0 aliphatic carbocycles. The van der Waals surface area contributed by atoms with Crippen LogP contribution in [0.5, 0.6) is 0 Å². The van der Waals surface area contributed by atoms with E-state index >= 15 is 0 Å². The van der Waals surface area contributed by atoms with Gasteiger partial charge in [0.15, 0.2) is 5.82 Å². The molecule has 24 heavy (non-hydrogen) atoms. The van der Waals surface area contributed by atoms with Crippen LogP contribution in [0, 0.1) is 6.92 Å². The average Bonchev–Trinajstić information content (AvgIpc) is 2.60. The van der Waals surface area contributed by atoms with Crippen LogP contribution in [0.3, 0.4) is 0 Å². The minimum absolute atomic E-state index is 0.436. The Morgan fingerprint density at radius 2 is 2.12 bits per heavy atom. The molecular formula is C16H21ClN6O. The van der Waals surface area contributed by atoms with Gasteiger partial charge in [0, 0.05) is 36.9 Å². The molecule has 1 fully saturated rings. The first-order chi connectivity index (χ1) is 11.7. The third kappa shape index (κ3) is 4.77. The monoisotopic (exact) mass is 348 g/mol. The van der Waals surface area contributed by atoms with Gasteiger partial charge in [0.2, 0.25) is 5.95 Å². The summed E-state index contributed by atoms with van der Waals surface area (Å²) < 4.78 is 5.34. The van der Waals surface area contributed by atoms with Crippen molar-refractivity contribution in [2.75, 3.05) is 50.0 Å². The van der Waals surface area contributed by atoms with E-state index in [0.717, 1.165) is 50.6 Å². The van der Waals surface area contributed by atoms with Crippen molar-refractivity contribution in [1.82, 2.24) is 20.1 Å². The molecule has 1 aromatic heterocycles. The molecule has 3 rings (SSSR count). The lowest BCUT2D eigenvalue weighted by Gasteiger charge is -2.26. The van der Waals surface area contributed by atoms with Gasteiger partial charge in [0.05, 0.1) is 19.4 Å². The van der Waals surface area contributed by atoms with Gasteiger partial charge in [-0.2, -0.15) is 10.1 Å². The van der Waals surface area contributed by atoms with Crippen molar-refractivity contribution < 1.29 is 4.74 Å². The van der Waals surface area contributed by atoms with E-state index in [1.807, 2.05) is 25.1 Å². The second-order valence-corrected chi connectivity index (χ2v) is 6.04. The molecule has 0 saturated carbocycles. The number of anilines is 3. The number of hydrogen-bond acceptors (Lipinski definition) is 7. The van der Waals surface area contributed by atoms with Crippen molar-refractivity contribution in [3.8, 4) is 0 Å². The first-order valence-corrected chi connectivity index (χ1v) is 8.35. The highest BCUT2D eigenvalue weighted by atomic mass is 35.5. The molecule has 0 spiro atoms. The molecule has 0 atom stereocenters. The minimum atomic E-state index is 0.436. The molecule has 1 saturated heterocycles. The summed E-state index contributed by atoms with van der Waals surface area (Å²) in [5.41, 5.74) is 1.86. The fourth-order valence-electron chi connectivity index (χ4n) is 2.41. The lowest BCUT2D eigenvalue weighted by atomic mass is 10.2. The molecule has 0 radical (unpaired) electrons. The lowest BCUT2D eigenvalue weighted by molar-refractivity contribution is 0.0398. The molecule has 2 heterocycles. The summed E-state index contributed by atoms with van der Waals surface area (Å²) in [7, 11) is 0. The van der Waals surface area contributed by atoms with E-state index in [4.69, 9.17) is 16.3 Å². The van der Waals surface area contributed by atoms with Crippen LogP contribution in [0.2, 0.25) is 5.02 Å². The lowest BCUT2D eigenvalue weighted by Crippen LogP contribution is -2.39. The first-order valence-electron chi connectivity index (χ1n) is 7.97. The number of nitrogens with zero attached hydrogens (tertiary/aromatic N) is 4. The standard InChI is InChI=1S/C16H21ClN6O/c1-12-2-3-13(10-14(12)17)20-16-21-15(11-19-22-16)18-4-5-23-6-8-24-9-7-23/h2-3,10-11H,4-9H2,1H3,(H2,18,20,21,22). The maximum atomic E-state index is 6.13. The maximum absolute atomic E-state index is 6.13. The molecule has 0 amide bonds. The summed E-state index contributed by atoms with van der Waals surface area (Å²) in [4.78, 5) is 6.78. The number of halogens is 1. The quantitative estimate of drug-likeness (QED) is 0.829. The Balaban J connectivity index is 1.54. The van der Waals surface area contributed by atoms with E-state index in [2.05, 4.69) is 30.7 Å². The Labute approximate surface area is 146 Å². The van der Waals surface area contributed by atoms with Crippen LogP contribution in [-0.2, 0) is 4.74 Å².